The fraction of sp³-hybridized carbons (Fsp3) is 0. The minimum Gasteiger partial charge on any atom is -0.252 e. The third-order valence-corrected chi connectivity index (χ3v) is 9.87. The summed E-state index contributed by atoms with van der Waals surface area (Å²) in [6, 6.07) is 48.3. The molecule has 9 aromatic rings. The van der Waals surface area contributed by atoms with E-state index < -0.39 is 0 Å². The largest absolute Gasteiger partial charge is 0.252 e. The van der Waals surface area contributed by atoms with Crippen LogP contribution >= 0.6 is 11.3 Å². The number of hydrogen-bond acceptors (Lipinski definition) is 3. The molecule has 3 heteroatoms. The number of nitrogens with zero attached hydrogens (tertiary/aromatic N) is 2. The second kappa shape index (κ2) is 9.59. The number of rotatable bonds is 3. The van der Waals surface area contributed by atoms with E-state index in [1.807, 2.05) is 11.3 Å². The predicted octanol–water partition coefficient (Wildman–Crippen LogP) is 11.3. The highest BCUT2D eigenvalue weighted by Gasteiger charge is 2.15. The van der Waals surface area contributed by atoms with Gasteiger partial charge >= 0.3 is 0 Å². The van der Waals surface area contributed by atoms with E-state index >= 15 is 0 Å². The van der Waals surface area contributed by atoms with Gasteiger partial charge in [0.1, 0.15) is 0 Å². The van der Waals surface area contributed by atoms with E-state index in [2.05, 4.69) is 138 Å². The van der Waals surface area contributed by atoms with Crippen LogP contribution in [0.25, 0.3) is 86.1 Å². The minimum atomic E-state index is 0.949. The highest BCUT2D eigenvalue weighted by molar-refractivity contribution is 7.26. The molecule has 0 aliphatic heterocycles. The van der Waals surface area contributed by atoms with Crippen LogP contribution in [-0.4, -0.2) is 9.97 Å². The van der Waals surface area contributed by atoms with Crippen molar-refractivity contribution in [2.45, 2.75) is 0 Å². The van der Waals surface area contributed by atoms with Gasteiger partial charge in [0.15, 0.2) is 0 Å². The second-order valence-corrected chi connectivity index (χ2v) is 12.0. The summed E-state index contributed by atoms with van der Waals surface area (Å²) in [5, 5.41) is 7.31. The molecule has 0 aliphatic carbocycles. The Bertz CT molecular complexity index is 2460. The van der Waals surface area contributed by atoms with Gasteiger partial charge in [-0.25, -0.2) is 0 Å². The number of thiophene rings is 1. The van der Waals surface area contributed by atoms with Gasteiger partial charge in [-0.2, -0.15) is 0 Å². The van der Waals surface area contributed by atoms with E-state index in [0.29, 0.717) is 0 Å². The molecule has 0 amide bonds. The minimum absolute atomic E-state index is 0.949. The van der Waals surface area contributed by atoms with Crippen molar-refractivity contribution in [2.75, 3.05) is 0 Å². The summed E-state index contributed by atoms with van der Waals surface area (Å²) in [6.45, 7) is 0. The van der Waals surface area contributed by atoms with Gasteiger partial charge in [0.25, 0.3) is 0 Å². The van der Waals surface area contributed by atoms with Gasteiger partial charge in [0, 0.05) is 43.3 Å². The van der Waals surface area contributed by atoms with Crippen molar-refractivity contribution in [3.8, 4) is 33.4 Å². The third kappa shape index (κ3) is 3.79. The first-order chi connectivity index (χ1) is 21.3. The molecule has 43 heavy (non-hydrogen) atoms. The molecule has 0 saturated carbocycles. The molecule has 2 heterocycles. The molecule has 0 fully saturated rings. The van der Waals surface area contributed by atoms with Gasteiger partial charge in [0.05, 0.1) is 11.0 Å². The molecule has 9 rings (SSSR count). The molecule has 0 saturated heterocycles. The van der Waals surface area contributed by atoms with Crippen LogP contribution in [0.3, 0.4) is 0 Å². The van der Waals surface area contributed by atoms with Gasteiger partial charge < -0.3 is 0 Å². The first-order valence-electron chi connectivity index (χ1n) is 14.5. The van der Waals surface area contributed by atoms with Crippen LogP contribution in [0.1, 0.15) is 0 Å². The van der Waals surface area contributed by atoms with Gasteiger partial charge in [-0.1, -0.05) is 127 Å². The zero-order valence-corrected chi connectivity index (χ0v) is 24.0. The summed E-state index contributed by atoms with van der Waals surface area (Å²) in [4.78, 5) is 9.38. The lowest BCUT2D eigenvalue weighted by Crippen LogP contribution is -1.89. The molecular weight excluding hydrogens is 541 g/mol. The standard InChI is InChI=1S/C40H24N2S/c1-2-8-26(9-3-1)29-12-6-14-34-35-15-7-13-30(40(35)43-39(29)34)27-18-16-25(17-19-27)28-20-21-33-36(24-28)31-10-4-5-11-32(31)37-38(33)42-23-22-41-37/h1-24H. The Morgan fingerprint density at radius 1 is 0.349 bits per heavy atom. The van der Waals surface area contributed by atoms with E-state index in [9.17, 15) is 0 Å². The molecule has 0 radical (unpaired) electrons. The molecule has 7 aromatic carbocycles. The molecule has 0 bridgehead atoms. The van der Waals surface area contributed by atoms with E-state index in [-0.39, 0.29) is 0 Å². The maximum Gasteiger partial charge on any atom is 0.0971 e. The highest BCUT2D eigenvalue weighted by atomic mass is 32.1. The highest BCUT2D eigenvalue weighted by Crippen LogP contribution is 2.44. The summed E-state index contributed by atoms with van der Waals surface area (Å²) >= 11 is 1.90. The van der Waals surface area contributed by atoms with Crippen LogP contribution in [0.15, 0.2) is 146 Å². The van der Waals surface area contributed by atoms with Gasteiger partial charge in [-0.15, -0.1) is 11.3 Å². The van der Waals surface area contributed by atoms with E-state index in [4.69, 9.17) is 4.98 Å². The van der Waals surface area contributed by atoms with Crippen LogP contribution in [0.2, 0.25) is 0 Å². The molecule has 200 valence electrons. The lowest BCUT2D eigenvalue weighted by molar-refractivity contribution is 1.31. The third-order valence-electron chi connectivity index (χ3n) is 8.58. The maximum absolute atomic E-state index is 4.71. The molecule has 0 N–H and O–H groups in total. The van der Waals surface area contributed by atoms with Crippen LogP contribution in [0, 0.1) is 0 Å². The molecule has 0 unspecified atom stereocenters. The lowest BCUT2D eigenvalue weighted by Gasteiger charge is -2.11. The van der Waals surface area contributed by atoms with E-state index in [0.717, 1.165) is 21.8 Å². The Balaban J connectivity index is 1.17. The monoisotopic (exact) mass is 564 g/mol. The van der Waals surface area contributed by atoms with Crippen LogP contribution < -0.4 is 0 Å². The maximum atomic E-state index is 4.71. The zero-order chi connectivity index (χ0) is 28.3. The summed E-state index contributed by atoms with van der Waals surface area (Å²) in [5.41, 5.74) is 9.35. The molecule has 0 aliphatic rings. The van der Waals surface area contributed by atoms with Crippen molar-refractivity contribution in [1.82, 2.24) is 9.97 Å². The number of benzene rings is 7. The van der Waals surface area contributed by atoms with E-state index in [1.165, 1.54) is 64.3 Å². The topological polar surface area (TPSA) is 25.8 Å². The van der Waals surface area contributed by atoms with Crippen molar-refractivity contribution in [2.24, 2.45) is 0 Å². The van der Waals surface area contributed by atoms with Crippen molar-refractivity contribution >= 4 is 64.1 Å². The van der Waals surface area contributed by atoms with Crippen molar-refractivity contribution in [3.63, 3.8) is 0 Å². The molecule has 2 nitrogen and oxygen atoms in total. The first kappa shape index (κ1) is 24.2. The van der Waals surface area contributed by atoms with Crippen molar-refractivity contribution in [3.05, 3.63) is 146 Å². The normalized spacial score (nSPS) is 11.7. The smallest absolute Gasteiger partial charge is 0.0971 e. The summed E-state index contributed by atoms with van der Waals surface area (Å²) in [6.07, 6.45) is 3.56. The fourth-order valence-corrected chi connectivity index (χ4v) is 7.92. The molecule has 0 spiro atoms. The van der Waals surface area contributed by atoms with Crippen LogP contribution in [-0.2, 0) is 0 Å². The summed E-state index contributed by atoms with van der Waals surface area (Å²) in [7, 11) is 0. The number of aromatic nitrogens is 2. The SMILES string of the molecule is c1ccc(-c2cccc3c2sc2c(-c4ccc(-c5ccc6c(c5)c5ccccc5c5nccnc65)cc4)cccc23)cc1. The Morgan fingerprint density at radius 2 is 0.860 bits per heavy atom. The van der Waals surface area contributed by atoms with Crippen molar-refractivity contribution in [1.29, 1.82) is 0 Å². The molecule has 0 atom stereocenters. The Hall–Kier alpha value is -5.38. The van der Waals surface area contributed by atoms with Crippen molar-refractivity contribution < 1.29 is 0 Å². The average molecular weight is 565 g/mol. The van der Waals surface area contributed by atoms with Gasteiger partial charge in [0.2, 0.25) is 0 Å². The fourth-order valence-electron chi connectivity index (χ4n) is 6.54. The predicted molar refractivity (Wildman–Crippen MR) is 184 cm³/mol. The Labute approximate surface area is 252 Å². The summed E-state index contributed by atoms with van der Waals surface area (Å²) < 4.78 is 2.67. The summed E-state index contributed by atoms with van der Waals surface area (Å²) in [5.74, 6) is 0. The molecular formula is C40H24N2S. The van der Waals surface area contributed by atoms with Crippen LogP contribution in [0.4, 0.5) is 0 Å². The Morgan fingerprint density at radius 3 is 1.53 bits per heavy atom. The number of hydrogen-bond donors (Lipinski definition) is 0. The average Bonchev–Trinajstić information content (AvgIpc) is 3.48. The first-order valence-corrected chi connectivity index (χ1v) is 15.3. The van der Waals surface area contributed by atoms with Crippen LogP contribution in [0.5, 0.6) is 0 Å². The quantitative estimate of drug-likeness (QED) is 0.199. The van der Waals surface area contributed by atoms with E-state index in [1.54, 1.807) is 12.4 Å². The number of fused-ring (bicyclic) bond motifs is 9. The second-order valence-electron chi connectivity index (χ2n) is 11.0. The Kier molecular flexibility index (Phi) is 5.40. The van der Waals surface area contributed by atoms with Gasteiger partial charge in [-0.3, -0.25) is 9.97 Å². The lowest BCUT2D eigenvalue weighted by atomic mass is 9.94. The zero-order valence-electron chi connectivity index (χ0n) is 23.2. The van der Waals surface area contributed by atoms with Gasteiger partial charge in [-0.05, 0) is 50.2 Å². The molecule has 2 aromatic heterocycles.